The van der Waals surface area contributed by atoms with Gasteiger partial charge in [0.15, 0.2) is 15.1 Å². The second kappa shape index (κ2) is 4.94. The summed E-state index contributed by atoms with van der Waals surface area (Å²) in [7, 11) is -3.74. The second-order valence-corrected chi connectivity index (χ2v) is 5.44. The number of sulfone groups is 1. The summed E-state index contributed by atoms with van der Waals surface area (Å²) in [6.45, 7) is 1.15. The van der Waals surface area contributed by atoms with Gasteiger partial charge in [0.05, 0.1) is 0 Å². The zero-order valence-corrected chi connectivity index (χ0v) is 9.52. The van der Waals surface area contributed by atoms with Crippen LogP contribution in [0.2, 0.25) is 0 Å². The lowest BCUT2D eigenvalue weighted by atomic mass is 10.2. The van der Waals surface area contributed by atoms with E-state index in [0.717, 1.165) is 12.3 Å². The highest BCUT2D eigenvalue weighted by Crippen LogP contribution is 2.08. The smallest absolute Gasteiger partial charge is 0.321 e. The zero-order valence-electron chi connectivity index (χ0n) is 8.70. The highest BCUT2D eigenvalue weighted by atomic mass is 32.2. The number of rotatable bonds is 4. The Morgan fingerprint density at radius 1 is 1.31 bits per heavy atom. The van der Waals surface area contributed by atoms with Crippen LogP contribution < -0.4 is 0 Å². The fourth-order valence-electron chi connectivity index (χ4n) is 0.996. The van der Waals surface area contributed by atoms with Crippen molar-refractivity contribution >= 4 is 21.9 Å². The minimum Gasteiger partial charge on any atom is -0.480 e. The number of hydrogen-bond donors (Lipinski definition) is 1. The van der Waals surface area contributed by atoms with Gasteiger partial charge >= 0.3 is 5.97 Å². The van der Waals surface area contributed by atoms with Gasteiger partial charge < -0.3 is 5.11 Å². The molecule has 1 unspecified atom stereocenters. The molecule has 1 aromatic carbocycles. The van der Waals surface area contributed by atoms with Crippen LogP contribution in [0.5, 0.6) is 0 Å². The Bertz CT molecular complexity index is 488. The van der Waals surface area contributed by atoms with Gasteiger partial charge in [0.2, 0.25) is 0 Å². The Morgan fingerprint density at radius 2 is 1.88 bits per heavy atom. The summed E-state index contributed by atoms with van der Waals surface area (Å²) in [5.74, 6) is -1.35. The number of benzene rings is 1. The highest BCUT2D eigenvalue weighted by molar-refractivity contribution is 7.95. The van der Waals surface area contributed by atoms with Gasteiger partial charge in [-0.3, -0.25) is 4.79 Å². The number of carbonyl (C=O) groups is 1. The van der Waals surface area contributed by atoms with E-state index in [4.69, 9.17) is 5.11 Å². The fraction of sp³-hybridized carbons (Fsp3) is 0.182. The maximum Gasteiger partial charge on any atom is 0.321 e. The van der Waals surface area contributed by atoms with Gasteiger partial charge in [-0.15, -0.1) is 0 Å². The van der Waals surface area contributed by atoms with E-state index in [-0.39, 0.29) is 0 Å². The Balaban J connectivity index is 2.90. The predicted octanol–water partition coefficient (Wildman–Crippen LogP) is 1.55. The zero-order chi connectivity index (χ0) is 12.2. The van der Waals surface area contributed by atoms with Crippen molar-refractivity contribution in [2.75, 3.05) is 0 Å². The molecule has 16 heavy (non-hydrogen) atoms. The van der Waals surface area contributed by atoms with E-state index in [9.17, 15) is 13.2 Å². The number of carboxylic acids is 1. The molecule has 1 N–H and O–H groups in total. The second-order valence-electron chi connectivity index (χ2n) is 3.28. The highest BCUT2D eigenvalue weighted by Gasteiger charge is 2.24. The van der Waals surface area contributed by atoms with Crippen LogP contribution in [0.15, 0.2) is 35.7 Å². The van der Waals surface area contributed by atoms with Gasteiger partial charge in [0, 0.05) is 5.41 Å². The number of aliphatic carboxylic acids is 1. The van der Waals surface area contributed by atoms with E-state index in [1.54, 1.807) is 24.3 Å². The Kier molecular flexibility index (Phi) is 3.84. The average molecular weight is 240 g/mol. The lowest BCUT2D eigenvalue weighted by molar-refractivity contribution is -0.136. The third-order valence-electron chi connectivity index (χ3n) is 2.09. The molecule has 4 nitrogen and oxygen atoms in total. The maximum absolute atomic E-state index is 11.5. The lowest BCUT2D eigenvalue weighted by Gasteiger charge is -2.02. The van der Waals surface area contributed by atoms with E-state index in [1.165, 1.54) is 6.08 Å². The normalized spacial score (nSPS) is 13.8. The molecule has 1 rings (SSSR count). The fourth-order valence-corrected chi connectivity index (χ4v) is 1.86. The van der Waals surface area contributed by atoms with Crippen molar-refractivity contribution in [3.8, 4) is 0 Å². The molecule has 1 aromatic rings. The van der Waals surface area contributed by atoms with E-state index in [0.29, 0.717) is 5.56 Å². The summed E-state index contributed by atoms with van der Waals surface area (Å²) < 4.78 is 23.0. The third-order valence-corrected chi connectivity index (χ3v) is 3.79. The van der Waals surface area contributed by atoms with E-state index >= 15 is 0 Å². The largest absolute Gasteiger partial charge is 0.480 e. The molecular formula is C11H12O4S. The standard InChI is InChI=1S/C11H12O4S/c1-9(11(12)13)16(14,15)8-7-10-5-3-2-4-6-10/h2-9H,1H3,(H,12,13). The molecule has 0 aromatic heterocycles. The minimum atomic E-state index is -3.74. The lowest BCUT2D eigenvalue weighted by Crippen LogP contribution is -2.24. The van der Waals surface area contributed by atoms with Crippen molar-refractivity contribution in [1.29, 1.82) is 0 Å². The minimum absolute atomic E-state index is 0.712. The Morgan fingerprint density at radius 3 is 2.38 bits per heavy atom. The third kappa shape index (κ3) is 3.20. The SMILES string of the molecule is CC(C(=O)O)S(=O)(=O)C=Cc1ccccc1. The van der Waals surface area contributed by atoms with Crippen LogP contribution in [0.3, 0.4) is 0 Å². The van der Waals surface area contributed by atoms with E-state index in [2.05, 4.69) is 0 Å². The molecule has 0 aliphatic rings. The molecule has 0 bridgehead atoms. The summed E-state index contributed by atoms with van der Waals surface area (Å²) in [6, 6.07) is 8.82. The monoisotopic (exact) mass is 240 g/mol. The van der Waals surface area contributed by atoms with Crippen molar-refractivity contribution in [2.45, 2.75) is 12.2 Å². The molecule has 0 aliphatic carbocycles. The molecule has 0 saturated carbocycles. The summed E-state index contributed by atoms with van der Waals surface area (Å²) in [5.41, 5.74) is 0.712. The quantitative estimate of drug-likeness (QED) is 0.866. The molecule has 0 aliphatic heterocycles. The van der Waals surface area contributed by atoms with Crippen LogP contribution in [0.1, 0.15) is 12.5 Å². The van der Waals surface area contributed by atoms with Crippen molar-refractivity contribution in [2.24, 2.45) is 0 Å². The number of carboxylic acid groups (broad SMARTS) is 1. The van der Waals surface area contributed by atoms with Crippen LogP contribution in [0, 0.1) is 0 Å². The van der Waals surface area contributed by atoms with Crippen LogP contribution in [-0.2, 0) is 14.6 Å². The van der Waals surface area contributed by atoms with Gasteiger partial charge in [-0.25, -0.2) is 8.42 Å². The van der Waals surface area contributed by atoms with E-state index < -0.39 is 21.1 Å². The summed E-state index contributed by atoms with van der Waals surface area (Å²) in [5, 5.41) is 8.11. The molecule has 0 fully saturated rings. The molecule has 86 valence electrons. The summed E-state index contributed by atoms with van der Waals surface area (Å²) in [6.07, 6.45) is 1.38. The van der Waals surface area contributed by atoms with Gasteiger partial charge in [-0.1, -0.05) is 30.3 Å². The van der Waals surface area contributed by atoms with Crippen molar-refractivity contribution in [1.82, 2.24) is 0 Å². The predicted molar refractivity (Wildman–Crippen MR) is 61.5 cm³/mol. The average Bonchev–Trinajstić information content (AvgIpc) is 2.27. The Labute approximate surface area is 94.1 Å². The molecule has 0 radical (unpaired) electrons. The first-order chi connectivity index (χ1) is 7.43. The molecule has 0 amide bonds. The van der Waals surface area contributed by atoms with Gasteiger partial charge in [0.1, 0.15) is 0 Å². The summed E-state index contributed by atoms with van der Waals surface area (Å²) >= 11 is 0. The molecule has 0 saturated heterocycles. The maximum atomic E-state index is 11.5. The van der Waals surface area contributed by atoms with Gasteiger partial charge in [-0.2, -0.15) is 0 Å². The van der Waals surface area contributed by atoms with E-state index in [1.807, 2.05) is 6.07 Å². The first-order valence-electron chi connectivity index (χ1n) is 4.63. The molecular weight excluding hydrogens is 228 g/mol. The van der Waals surface area contributed by atoms with Crippen LogP contribution in [-0.4, -0.2) is 24.7 Å². The van der Waals surface area contributed by atoms with Gasteiger partial charge in [-0.05, 0) is 18.6 Å². The number of hydrogen-bond acceptors (Lipinski definition) is 3. The first-order valence-corrected chi connectivity index (χ1v) is 6.24. The van der Waals surface area contributed by atoms with Crippen LogP contribution in [0.4, 0.5) is 0 Å². The molecule has 1 atom stereocenters. The van der Waals surface area contributed by atoms with Crippen LogP contribution in [0.25, 0.3) is 6.08 Å². The van der Waals surface area contributed by atoms with Crippen LogP contribution >= 0.6 is 0 Å². The molecule has 5 heteroatoms. The van der Waals surface area contributed by atoms with Crippen molar-refractivity contribution in [3.63, 3.8) is 0 Å². The van der Waals surface area contributed by atoms with Gasteiger partial charge in [0.25, 0.3) is 0 Å². The summed E-state index contributed by atoms with van der Waals surface area (Å²) in [4.78, 5) is 10.5. The molecule has 0 spiro atoms. The van der Waals surface area contributed by atoms with Crippen molar-refractivity contribution < 1.29 is 18.3 Å². The van der Waals surface area contributed by atoms with Crippen molar-refractivity contribution in [3.05, 3.63) is 41.3 Å². The Hall–Kier alpha value is -1.62. The topological polar surface area (TPSA) is 71.4 Å². The molecule has 0 heterocycles. The first kappa shape index (κ1) is 12.4.